The molecule has 1 fully saturated rings. The van der Waals surface area contributed by atoms with Gasteiger partial charge < -0.3 is 29.9 Å². The maximum absolute atomic E-state index is 11.3. The van der Waals surface area contributed by atoms with Crippen molar-refractivity contribution in [1.82, 2.24) is 0 Å². The van der Waals surface area contributed by atoms with Gasteiger partial charge in [0.2, 0.25) is 6.29 Å². The largest absolute Gasteiger partial charge is 0.504 e. The maximum Gasteiger partial charge on any atom is 0.229 e. The van der Waals surface area contributed by atoms with Gasteiger partial charge in [-0.25, -0.2) is 0 Å². The molecule has 1 aliphatic heterocycles. The molecular formula is C25H36O6. The van der Waals surface area contributed by atoms with E-state index in [1.165, 1.54) is 16.7 Å². The molecule has 0 aromatic heterocycles. The van der Waals surface area contributed by atoms with E-state index in [1.807, 2.05) is 6.92 Å². The van der Waals surface area contributed by atoms with Crippen LogP contribution in [0.25, 0.3) is 0 Å². The number of ether oxygens (including phenoxy) is 2. The molecule has 2 unspecified atom stereocenters. The number of rotatable bonds is 3. The molecule has 1 aromatic rings. The first-order valence-electron chi connectivity index (χ1n) is 11.5. The van der Waals surface area contributed by atoms with Crippen LogP contribution in [0.2, 0.25) is 0 Å². The zero-order chi connectivity index (χ0) is 22.6. The summed E-state index contributed by atoms with van der Waals surface area (Å²) in [5, 5.41) is 41.5. The van der Waals surface area contributed by atoms with Crippen LogP contribution in [0.5, 0.6) is 11.5 Å². The lowest BCUT2D eigenvalue weighted by Crippen LogP contribution is -2.54. The van der Waals surface area contributed by atoms with Crippen LogP contribution in [0.3, 0.4) is 0 Å². The van der Waals surface area contributed by atoms with Crippen LogP contribution in [0.1, 0.15) is 87.0 Å². The summed E-state index contributed by atoms with van der Waals surface area (Å²) < 4.78 is 11.5. The van der Waals surface area contributed by atoms with Gasteiger partial charge in [0, 0.05) is 11.5 Å². The molecule has 1 aromatic carbocycles. The number of hydrogen-bond acceptors (Lipinski definition) is 6. The zero-order valence-corrected chi connectivity index (χ0v) is 19.1. The van der Waals surface area contributed by atoms with Crippen LogP contribution in [-0.2, 0) is 4.74 Å². The van der Waals surface area contributed by atoms with E-state index in [1.54, 1.807) is 0 Å². The molecule has 1 saturated heterocycles. The monoisotopic (exact) mass is 432 g/mol. The van der Waals surface area contributed by atoms with E-state index in [0.29, 0.717) is 17.6 Å². The summed E-state index contributed by atoms with van der Waals surface area (Å²) in [5.74, 6) is 1.84. The van der Waals surface area contributed by atoms with Gasteiger partial charge in [-0.05, 0) is 74.5 Å². The SMILES string of the molecule is CC(C)=C[C@@H]1C[C@H](C)[C@H]2CC[C@H](C)c3c(O)c(O[C@@H]4OC[C@@H](O)C(O)C4O)c(C)c1c32. The van der Waals surface area contributed by atoms with Gasteiger partial charge in [-0.15, -0.1) is 0 Å². The molecule has 8 atom stereocenters. The molecule has 0 saturated carbocycles. The smallest absolute Gasteiger partial charge is 0.229 e. The molecule has 0 amide bonds. The summed E-state index contributed by atoms with van der Waals surface area (Å²) in [6, 6.07) is 0. The Hall–Kier alpha value is -1.60. The predicted molar refractivity (Wildman–Crippen MR) is 118 cm³/mol. The van der Waals surface area contributed by atoms with Crippen LogP contribution in [0.4, 0.5) is 0 Å². The van der Waals surface area contributed by atoms with Crippen LogP contribution >= 0.6 is 0 Å². The number of phenolic OH excluding ortho intramolecular Hbond substituents is 1. The van der Waals surface area contributed by atoms with Crippen molar-refractivity contribution in [2.75, 3.05) is 6.61 Å². The summed E-state index contributed by atoms with van der Waals surface area (Å²) in [6.07, 6.45) is 0.395. The molecule has 3 aliphatic rings. The number of hydrogen-bond donors (Lipinski definition) is 4. The summed E-state index contributed by atoms with van der Waals surface area (Å²) in [4.78, 5) is 0. The second-order valence-electron chi connectivity index (χ2n) is 10.1. The first-order chi connectivity index (χ1) is 14.6. The van der Waals surface area contributed by atoms with Gasteiger partial charge >= 0.3 is 0 Å². The van der Waals surface area contributed by atoms with Crippen molar-refractivity contribution in [2.24, 2.45) is 5.92 Å². The average Bonchev–Trinajstić information content (AvgIpc) is 2.69. The first-order valence-corrected chi connectivity index (χ1v) is 11.5. The predicted octanol–water partition coefficient (Wildman–Crippen LogP) is 3.59. The quantitative estimate of drug-likeness (QED) is 0.545. The lowest BCUT2D eigenvalue weighted by Gasteiger charge is -2.44. The number of aliphatic hydroxyl groups is 3. The van der Waals surface area contributed by atoms with Crippen molar-refractivity contribution in [3.05, 3.63) is 33.9 Å². The van der Waals surface area contributed by atoms with E-state index in [-0.39, 0.29) is 24.2 Å². The maximum atomic E-state index is 11.3. The van der Waals surface area contributed by atoms with Gasteiger partial charge in [0.05, 0.1) is 6.61 Å². The van der Waals surface area contributed by atoms with Crippen molar-refractivity contribution < 1.29 is 29.9 Å². The number of phenols is 1. The Morgan fingerprint density at radius 3 is 2.42 bits per heavy atom. The fourth-order valence-corrected chi connectivity index (χ4v) is 5.94. The Balaban J connectivity index is 1.85. The van der Waals surface area contributed by atoms with Gasteiger partial charge in [0.1, 0.15) is 18.3 Å². The van der Waals surface area contributed by atoms with E-state index in [4.69, 9.17) is 9.47 Å². The molecule has 0 spiro atoms. The fraction of sp³-hybridized carbons (Fsp3) is 0.680. The highest BCUT2D eigenvalue weighted by Gasteiger charge is 2.43. The molecule has 0 radical (unpaired) electrons. The molecular weight excluding hydrogens is 396 g/mol. The van der Waals surface area contributed by atoms with Crippen molar-refractivity contribution >= 4 is 0 Å². The summed E-state index contributed by atoms with van der Waals surface area (Å²) in [7, 11) is 0. The van der Waals surface area contributed by atoms with Gasteiger partial charge in [-0.2, -0.15) is 0 Å². The summed E-state index contributed by atoms with van der Waals surface area (Å²) in [6.45, 7) is 10.5. The molecule has 172 valence electrons. The average molecular weight is 433 g/mol. The highest BCUT2D eigenvalue weighted by molar-refractivity contribution is 5.64. The van der Waals surface area contributed by atoms with Crippen LogP contribution in [-0.4, -0.2) is 51.6 Å². The molecule has 31 heavy (non-hydrogen) atoms. The van der Waals surface area contributed by atoms with Crippen LogP contribution in [0.15, 0.2) is 11.6 Å². The van der Waals surface area contributed by atoms with Crippen molar-refractivity contribution in [2.45, 2.75) is 96.2 Å². The van der Waals surface area contributed by atoms with Crippen LogP contribution < -0.4 is 4.74 Å². The first kappa shape index (κ1) is 22.6. The number of aliphatic hydroxyl groups excluding tert-OH is 3. The second-order valence-corrected chi connectivity index (χ2v) is 10.1. The molecule has 6 nitrogen and oxygen atoms in total. The Morgan fingerprint density at radius 1 is 1.03 bits per heavy atom. The van der Waals surface area contributed by atoms with Gasteiger partial charge in [-0.3, -0.25) is 0 Å². The topological polar surface area (TPSA) is 99.4 Å². The number of allylic oxidation sites excluding steroid dienone is 2. The molecule has 4 N–H and O–H groups in total. The minimum atomic E-state index is -1.41. The van der Waals surface area contributed by atoms with Crippen molar-refractivity contribution in [1.29, 1.82) is 0 Å². The third kappa shape index (κ3) is 3.78. The Morgan fingerprint density at radius 2 is 1.74 bits per heavy atom. The molecule has 0 bridgehead atoms. The van der Waals surface area contributed by atoms with Gasteiger partial charge in [0.15, 0.2) is 11.5 Å². The van der Waals surface area contributed by atoms with Crippen molar-refractivity contribution in [3.63, 3.8) is 0 Å². The van der Waals surface area contributed by atoms with Gasteiger partial charge in [0.25, 0.3) is 0 Å². The Labute approximate surface area is 184 Å². The van der Waals surface area contributed by atoms with E-state index in [2.05, 4.69) is 33.8 Å². The fourth-order valence-electron chi connectivity index (χ4n) is 5.94. The standard InChI is InChI=1S/C25H36O6/c1-11(2)8-15-9-13(4)16-7-6-12(3)18-20(16)19(15)14(5)24(22(18)28)31-25-23(29)21(27)17(26)10-30-25/h8,12-13,15-17,21,23,25-29H,6-7,9-10H2,1-5H3/t12-,13-,15+,16+,17+,21?,23?,25-/m0/s1. The van der Waals surface area contributed by atoms with E-state index >= 15 is 0 Å². The minimum absolute atomic E-state index is 0.120. The third-order valence-electron chi connectivity index (χ3n) is 7.48. The van der Waals surface area contributed by atoms with Crippen LogP contribution in [0, 0.1) is 12.8 Å². The molecule has 2 aliphatic carbocycles. The van der Waals surface area contributed by atoms with E-state index in [9.17, 15) is 20.4 Å². The van der Waals surface area contributed by atoms with E-state index in [0.717, 1.165) is 30.4 Å². The lowest BCUT2D eigenvalue weighted by atomic mass is 9.62. The zero-order valence-electron chi connectivity index (χ0n) is 19.1. The molecule has 6 heteroatoms. The number of benzene rings is 1. The highest BCUT2D eigenvalue weighted by Crippen LogP contribution is 2.58. The minimum Gasteiger partial charge on any atom is -0.504 e. The summed E-state index contributed by atoms with van der Waals surface area (Å²) in [5.41, 5.74) is 5.58. The lowest BCUT2D eigenvalue weighted by molar-refractivity contribution is -0.242. The number of aromatic hydroxyl groups is 1. The highest BCUT2D eigenvalue weighted by atomic mass is 16.7. The summed E-state index contributed by atoms with van der Waals surface area (Å²) >= 11 is 0. The van der Waals surface area contributed by atoms with Gasteiger partial charge in [-0.1, -0.05) is 25.5 Å². The Bertz CT molecular complexity index is 873. The molecule has 1 heterocycles. The van der Waals surface area contributed by atoms with Crippen molar-refractivity contribution in [3.8, 4) is 11.5 Å². The normalized spacial score (nSPS) is 37.2. The Kier molecular flexibility index (Phi) is 6.12. The van der Waals surface area contributed by atoms with E-state index < -0.39 is 24.6 Å². The molecule has 4 rings (SSSR count). The third-order valence-corrected chi connectivity index (χ3v) is 7.48. The second kappa shape index (κ2) is 8.39.